The Bertz CT molecular complexity index is 448. The van der Waals surface area contributed by atoms with Crippen molar-refractivity contribution in [3.8, 4) is 0 Å². The van der Waals surface area contributed by atoms with Crippen molar-refractivity contribution < 1.29 is 14.0 Å². The largest absolute Gasteiger partial charge is 0.469 e. The molecule has 0 atom stereocenters. The second-order valence-electron chi connectivity index (χ2n) is 5.44. The standard InChI is InChI=1S/C16H24N2O3/c1-2-3-6-15(19)17-9-11-18(12-10-17)16(20)8-7-14-5-4-13-21-14/h4-5,13H,2-3,6-12H2,1H3. The van der Waals surface area contributed by atoms with Crippen LogP contribution in [0.2, 0.25) is 0 Å². The molecule has 0 saturated carbocycles. The van der Waals surface area contributed by atoms with Crippen LogP contribution in [0.15, 0.2) is 22.8 Å². The first kappa shape index (κ1) is 15.6. The molecule has 1 aromatic heterocycles. The molecule has 1 aliphatic heterocycles. The van der Waals surface area contributed by atoms with Crippen LogP contribution >= 0.6 is 0 Å². The van der Waals surface area contributed by atoms with Gasteiger partial charge < -0.3 is 14.2 Å². The fraction of sp³-hybridized carbons (Fsp3) is 0.625. The second kappa shape index (κ2) is 7.86. The highest BCUT2D eigenvalue weighted by atomic mass is 16.3. The highest BCUT2D eigenvalue weighted by molar-refractivity contribution is 5.78. The van der Waals surface area contributed by atoms with Gasteiger partial charge in [-0.1, -0.05) is 13.3 Å². The Kier molecular flexibility index (Phi) is 5.84. The zero-order valence-corrected chi connectivity index (χ0v) is 12.7. The van der Waals surface area contributed by atoms with Gasteiger partial charge in [0.1, 0.15) is 5.76 Å². The minimum absolute atomic E-state index is 0.145. The zero-order chi connectivity index (χ0) is 15.1. The van der Waals surface area contributed by atoms with E-state index in [9.17, 15) is 9.59 Å². The number of hydrogen-bond donors (Lipinski definition) is 0. The first-order valence-corrected chi connectivity index (χ1v) is 7.78. The van der Waals surface area contributed by atoms with Gasteiger partial charge in [0.25, 0.3) is 0 Å². The van der Waals surface area contributed by atoms with Gasteiger partial charge in [0, 0.05) is 45.4 Å². The van der Waals surface area contributed by atoms with Gasteiger partial charge in [0.15, 0.2) is 0 Å². The van der Waals surface area contributed by atoms with Crippen LogP contribution in [-0.4, -0.2) is 47.8 Å². The molecular weight excluding hydrogens is 268 g/mol. The lowest BCUT2D eigenvalue weighted by molar-refractivity contribution is -0.139. The third kappa shape index (κ3) is 4.62. The molecule has 0 unspecified atom stereocenters. The smallest absolute Gasteiger partial charge is 0.223 e. The molecule has 0 N–H and O–H groups in total. The number of carbonyl (C=O) groups is 2. The van der Waals surface area contributed by atoms with Gasteiger partial charge in [-0.2, -0.15) is 0 Å². The normalized spacial score (nSPS) is 15.3. The van der Waals surface area contributed by atoms with Crippen LogP contribution in [0, 0.1) is 0 Å². The van der Waals surface area contributed by atoms with Gasteiger partial charge in [-0.3, -0.25) is 9.59 Å². The average Bonchev–Trinajstić information content (AvgIpc) is 3.04. The number of piperazine rings is 1. The molecule has 0 spiro atoms. The number of amides is 2. The molecule has 5 heteroatoms. The summed E-state index contributed by atoms with van der Waals surface area (Å²) in [7, 11) is 0. The Morgan fingerprint density at radius 2 is 1.71 bits per heavy atom. The van der Waals surface area contributed by atoms with Crippen molar-refractivity contribution in [1.82, 2.24) is 9.80 Å². The molecule has 0 bridgehead atoms. The van der Waals surface area contributed by atoms with Gasteiger partial charge in [0.05, 0.1) is 6.26 Å². The highest BCUT2D eigenvalue weighted by Gasteiger charge is 2.23. The lowest BCUT2D eigenvalue weighted by Gasteiger charge is -2.35. The van der Waals surface area contributed by atoms with Crippen LogP contribution in [-0.2, 0) is 16.0 Å². The second-order valence-corrected chi connectivity index (χ2v) is 5.44. The highest BCUT2D eigenvalue weighted by Crippen LogP contribution is 2.10. The molecule has 2 amide bonds. The number of unbranched alkanes of at least 4 members (excludes halogenated alkanes) is 1. The molecule has 0 aromatic carbocycles. The third-order valence-corrected chi connectivity index (χ3v) is 3.89. The quantitative estimate of drug-likeness (QED) is 0.806. The van der Waals surface area contributed by atoms with Crippen molar-refractivity contribution in [3.05, 3.63) is 24.2 Å². The number of hydrogen-bond acceptors (Lipinski definition) is 3. The topological polar surface area (TPSA) is 53.8 Å². The minimum atomic E-state index is 0.145. The van der Waals surface area contributed by atoms with Gasteiger partial charge in [-0.05, 0) is 18.6 Å². The summed E-state index contributed by atoms with van der Waals surface area (Å²) in [6.45, 7) is 4.71. The summed E-state index contributed by atoms with van der Waals surface area (Å²) in [6, 6.07) is 3.72. The van der Waals surface area contributed by atoms with Crippen LogP contribution in [0.25, 0.3) is 0 Å². The average molecular weight is 292 g/mol. The van der Waals surface area contributed by atoms with Crippen molar-refractivity contribution >= 4 is 11.8 Å². The molecule has 5 nitrogen and oxygen atoms in total. The van der Waals surface area contributed by atoms with E-state index < -0.39 is 0 Å². The summed E-state index contributed by atoms with van der Waals surface area (Å²) in [5.41, 5.74) is 0. The minimum Gasteiger partial charge on any atom is -0.469 e. The van der Waals surface area contributed by atoms with Gasteiger partial charge in [-0.25, -0.2) is 0 Å². The number of nitrogens with zero attached hydrogens (tertiary/aromatic N) is 2. The molecular formula is C16H24N2O3. The van der Waals surface area contributed by atoms with E-state index in [2.05, 4.69) is 6.92 Å². The Balaban J connectivity index is 1.70. The van der Waals surface area contributed by atoms with Gasteiger partial charge >= 0.3 is 0 Å². The summed E-state index contributed by atoms with van der Waals surface area (Å²) >= 11 is 0. The lowest BCUT2D eigenvalue weighted by atomic mass is 10.2. The van der Waals surface area contributed by atoms with E-state index in [1.807, 2.05) is 21.9 Å². The molecule has 21 heavy (non-hydrogen) atoms. The number of furan rings is 1. The van der Waals surface area contributed by atoms with Crippen molar-refractivity contribution in [2.75, 3.05) is 26.2 Å². The summed E-state index contributed by atoms with van der Waals surface area (Å²) < 4.78 is 5.23. The third-order valence-electron chi connectivity index (χ3n) is 3.89. The van der Waals surface area contributed by atoms with Crippen LogP contribution in [0.5, 0.6) is 0 Å². The molecule has 1 fully saturated rings. The van der Waals surface area contributed by atoms with Crippen molar-refractivity contribution in [2.24, 2.45) is 0 Å². The van der Waals surface area contributed by atoms with Crippen molar-refractivity contribution in [1.29, 1.82) is 0 Å². The molecule has 1 aliphatic rings. The van der Waals surface area contributed by atoms with E-state index in [0.29, 0.717) is 45.4 Å². The summed E-state index contributed by atoms with van der Waals surface area (Å²) in [4.78, 5) is 27.8. The van der Waals surface area contributed by atoms with Crippen LogP contribution in [0.1, 0.15) is 38.4 Å². The molecule has 0 aliphatic carbocycles. The molecule has 116 valence electrons. The first-order chi connectivity index (χ1) is 10.2. The van der Waals surface area contributed by atoms with Crippen molar-refractivity contribution in [3.63, 3.8) is 0 Å². The van der Waals surface area contributed by atoms with Crippen molar-refractivity contribution in [2.45, 2.75) is 39.0 Å². The van der Waals surface area contributed by atoms with E-state index >= 15 is 0 Å². The SMILES string of the molecule is CCCCC(=O)N1CCN(C(=O)CCc2ccco2)CC1. The summed E-state index contributed by atoms with van der Waals surface area (Å²) in [5, 5.41) is 0. The summed E-state index contributed by atoms with van der Waals surface area (Å²) in [5.74, 6) is 1.21. The molecule has 0 radical (unpaired) electrons. The Morgan fingerprint density at radius 3 is 2.24 bits per heavy atom. The van der Waals surface area contributed by atoms with Crippen LogP contribution in [0.4, 0.5) is 0 Å². The number of carbonyl (C=O) groups excluding carboxylic acids is 2. The zero-order valence-electron chi connectivity index (χ0n) is 12.7. The maximum absolute atomic E-state index is 12.1. The molecule has 1 saturated heterocycles. The predicted octanol–water partition coefficient (Wildman–Crippen LogP) is 2.07. The van der Waals surface area contributed by atoms with E-state index in [0.717, 1.165) is 18.6 Å². The Labute approximate surface area is 125 Å². The van der Waals surface area contributed by atoms with E-state index in [4.69, 9.17) is 4.42 Å². The van der Waals surface area contributed by atoms with Crippen LogP contribution < -0.4 is 0 Å². The van der Waals surface area contributed by atoms with E-state index in [1.54, 1.807) is 6.26 Å². The first-order valence-electron chi connectivity index (χ1n) is 7.78. The lowest BCUT2D eigenvalue weighted by Crippen LogP contribution is -2.50. The predicted molar refractivity (Wildman–Crippen MR) is 79.7 cm³/mol. The van der Waals surface area contributed by atoms with Gasteiger partial charge in [-0.15, -0.1) is 0 Å². The van der Waals surface area contributed by atoms with E-state index in [-0.39, 0.29) is 11.8 Å². The molecule has 1 aromatic rings. The van der Waals surface area contributed by atoms with Gasteiger partial charge in [0.2, 0.25) is 11.8 Å². The fourth-order valence-electron chi connectivity index (χ4n) is 2.53. The Hall–Kier alpha value is -1.78. The summed E-state index contributed by atoms with van der Waals surface area (Å²) in [6.07, 6.45) is 5.35. The molecule has 2 rings (SSSR count). The Morgan fingerprint density at radius 1 is 1.10 bits per heavy atom. The van der Waals surface area contributed by atoms with Crippen LogP contribution in [0.3, 0.4) is 0 Å². The maximum Gasteiger partial charge on any atom is 0.223 e. The maximum atomic E-state index is 12.1. The monoisotopic (exact) mass is 292 g/mol. The fourth-order valence-corrected chi connectivity index (χ4v) is 2.53. The van der Waals surface area contributed by atoms with E-state index in [1.165, 1.54) is 0 Å². The number of aryl methyl sites for hydroxylation is 1. The molecule has 2 heterocycles. The number of rotatable bonds is 6.